The Labute approximate surface area is 100 Å². The fourth-order valence-electron chi connectivity index (χ4n) is 2.29. The molecule has 0 spiro atoms. The Balaban J connectivity index is 2.16. The highest BCUT2D eigenvalue weighted by Crippen LogP contribution is 2.23. The minimum atomic E-state index is -0.325. The minimum absolute atomic E-state index is 0.200. The van der Waals surface area contributed by atoms with Gasteiger partial charge in [-0.2, -0.15) is 0 Å². The largest absolute Gasteiger partial charge is 0.326 e. The van der Waals surface area contributed by atoms with E-state index in [9.17, 15) is 10.1 Å². The predicted octanol–water partition coefficient (Wildman–Crippen LogP) is 1.44. The highest BCUT2D eigenvalue weighted by Gasteiger charge is 2.21. The zero-order valence-corrected chi connectivity index (χ0v) is 9.93. The molecule has 2 N–H and O–H groups in total. The second-order valence-corrected chi connectivity index (χ2v) is 4.60. The molecule has 1 atom stereocenters. The number of nitro groups is 1. The molecule has 0 unspecified atom stereocenters. The van der Waals surface area contributed by atoms with Crippen molar-refractivity contribution in [1.29, 1.82) is 0 Å². The number of hydrogen-bond donors (Lipinski definition) is 1. The zero-order valence-electron chi connectivity index (χ0n) is 9.93. The number of nitrogens with zero attached hydrogens (tertiary/aromatic N) is 2. The third-order valence-corrected chi connectivity index (χ3v) is 3.32. The van der Waals surface area contributed by atoms with Gasteiger partial charge in [-0.1, -0.05) is 12.1 Å². The number of nitrogens with two attached hydrogens (primary N) is 1. The Bertz CT molecular complexity index is 434. The Kier molecular flexibility index (Phi) is 3.40. The van der Waals surface area contributed by atoms with Crippen molar-refractivity contribution >= 4 is 5.69 Å². The number of likely N-dealkylation sites (tertiary alicyclic amines) is 1. The van der Waals surface area contributed by atoms with E-state index in [2.05, 4.69) is 4.90 Å². The van der Waals surface area contributed by atoms with Gasteiger partial charge in [0.2, 0.25) is 0 Å². The van der Waals surface area contributed by atoms with Crippen LogP contribution < -0.4 is 5.73 Å². The van der Waals surface area contributed by atoms with Crippen LogP contribution >= 0.6 is 0 Å². The molecule has 0 radical (unpaired) electrons. The van der Waals surface area contributed by atoms with Gasteiger partial charge in [0, 0.05) is 37.3 Å². The molecule has 1 aliphatic heterocycles. The standard InChI is InChI=1S/C12H17N3O2/c1-9-10(3-2-4-12(9)15(16)17)7-14-6-5-11(13)8-14/h2-4,11H,5-8,13H2,1H3/t11-/m0/s1. The van der Waals surface area contributed by atoms with Crippen molar-refractivity contribution in [2.24, 2.45) is 5.73 Å². The molecule has 0 amide bonds. The highest BCUT2D eigenvalue weighted by atomic mass is 16.6. The average molecular weight is 235 g/mol. The van der Waals surface area contributed by atoms with Crippen LogP contribution in [0.25, 0.3) is 0 Å². The number of benzene rings is 1. The molecule has 5 heteroatoms. The predicted molar refractivity (Wildman–Crippen MR) is 65.7 cm³/mol. The molecular weight excluding hydrogens is 218 g/mol. The lowest BCUT2D eigenvalue weighted by molar-refractivity contribution is -0.385. The summed E-state index contributed by atoms with van der Waals surface area (Å²) in [7, 11) is 0. The Hall–Kier alpha value is -1.46. The smallest absolute Gasteiger partial charge is 0.272 e. The van der Waals surface area contributed by atoms with Crippen LogP contribution in [0.1, 0.15) is 17.5 Å². The summed E-state index contributed by atoms with van der Waals surface area (Å²) in [4.78, 5) is 12.8. The van der Waals surface area contributed by atoms with Crippen LogP contribution in [0.4, 0.5) is 5.69 Å². The molecule has 1 fully saturated rings. The van der Waals surface area contributed by atoms with Crippen LogP contribution in [0.5, 0.6) is 0 Å². The van der Waals surface area contributed by atoms with Gasteiger partial charge in [-0.3, -0.25) is 15.0 Å². The third kappa shape index (κ3) is 2.62. The molecular formula is C12H17N3O2. The van der Waals surface area contributed by atoms with Gasteiger partial charge in [0.15, 0.2) is 0 Å². The summed E-state index contributed by atoms with van der Waals surface area (Å²) in [6, 6.07) is 5.49. The first-order chi connectivity index (χ1) is 8.08. The lowest BCUT2D eigenvalue weighted by Crippen LogP contribution is -2.26. The van der Waals surface area contributed by atoms with Gasteiger partial charge in [0.25, 0.3) is 5.69 Å². The van der Waals surface area contributed by atoms with E-state index in [-0.39, 0.29) is 16.7 Å². The molecule has 1 aromatic carbocycles. The number of rotatable bonds is 3. The van der Waals surface area contributed by atoms with E-state index < -0.39 is 0 Å². The number of nitro benzene ring substituents is 1. The number of hydrogen-bond acceptors (Lipinski definition) is 4. The van der Waals surface area contributed by atoms with Crippen LogP contribution in [-0.2, 0) is 6.54 Å². The van der Waals surface area contributed by atoms with E-state index in [4.69, 9.17) is 5.73 Å². The van der Waals surface area contributed by atoms with Crippen molar-refractivity contribution in [2.75, 3.05) is 13.1 Å². The van der Waals surface area contributed by atoms with E-state index >= 15 is 0 Å². The van der Waals surface area contributed by atoms with Gasteiger partial charge in [-0.05, 0) is 18.9 Å². The molecule has 5 nitrogen and oxygen atoms in total. The molecule has 0 aromatic heterocycles. The topological polar surface area (TPSA) is 72.4 Å². The van der Waals surface area contributed by atoms with Gasteiger partial charge in [0.05, 0.1) is 4.92 Å². The molecule has 1 aliphatic rings. The first kappa shape index (κ1) is 12.0. The van der Waals surface area contributed by atoms with E-state index in [1.54, 1.807) is 12.1 Å². The minimum Gasteiger partial charge on any atom is -0.326 e. The van der Waals surface area contributed by atoms with Crippen LogP contribution in [0.15, 0.2) is 18.2 Å². The van der Waals surface area contributed by atoms with E-state index in [0.29, 0.717) is 0 Å². The SMILES string of the molecule is Cc1c(CN2CC[C@H](N)C2)cccc1[N+](=O)[O-]. The lowest BCUT2D eigenvalue weighted by atomic mass is 10.1. The van der Waals surface area contributed by atoms with Crippen molar-refractivity contribution < 1.29 is 4.92 Å². The summed E-state index contributed by atoms with van der Waals surface area (Å²) in [5, 5.41) is 10.8. The van der Waals surface area contributed by atoms with Gasteiger partial charge < -0.3 is 5.73 Å². The second kappa shape index (κ2) is 4.81. The van der Waals surface area contributed by atoms with Crippen LogP contribution in [0.3, 0.4) is 0 Å². The molecule has 1 aromatic rings. The van der Waals surface area contributed by atoms with Gasteiger partial charge in [0.1, 0.15) is 0 Å². The van der Waals surface area contributed by atoms with Crippen molar-refractivity contribution in [3.63, 3.8) is 0 Å². The fraction of sp³-hybridized carbons (Fsp3) is 0.500. The quantitative estimate of drug-likeness (QED) is 0.635. The first-order valence-corrected chi connectivity index (χ1v) is 5.78. The van der Waals surface area contributed by atoms with E-state index in [1.165, 1.54) is 0 Å². The average Bonchev–Trinajstić information content (AvgIpc) is 2.67. The van der Waals surface area contributed by atoms with Crippen molar-refractivity contribution in [1.82, 2.24) is 4.90 Å². The van der Waals surface area contributed by atoms with E-state index in [0.717, 1.165) is 37.2 Å². The summed E-state index contributed by atoms with van der Waals surface area (Å²) in [5.74, 6) is 0. The van der Waals surface area contributed by atoms with Crippen LogP contribution in [-0.4, -0.2) is 29.0 Å². The maximum Gasteiger partial charge on any atom is 0.272 e. The van der Waals surface area contributed by atoms with Crippen molar-refractivity contribution in [3.05, 3.63) is 39.4 Å². The van der Waals surface area contributed by atoms with Crippen molar-refractivity contribution in [3.8, 4) is 0 Å². The first-order valence-electron chi connectivity index (χ1n) is 5.78. The van der Waals surface area contributed by atoms with Crippen molar-refractivity contribution in [2.45, 2.75) is 25.9 Å². The zero-order chi connectivity index (χ0) is 12.4. The second-order valence-electron chi connectivity index (χ2n) is 4.60. The highest BCUT2D eigenvalue weighted by molar-refractivity contribution is 5.44. The maximum absolute atomic E-state index is 10.8. The Morgan fingerprint density at radius 2 is 2.35 bits per heavy atom. The summed E-state index contributed by atoms with van der Waals surface area (Å²) >= 11 is 0. The summed E-state index contributed by atoms with van der Waals surface area (Å²) in [5.41, 5.74) is 7.83. The molecule has 17 heavy (non-hydrogen) atoms. The maximum atomic E-state index is 10.8. The summed E-state index contributed by atoms with van der Waals surface area (Å²) < 4.78 is 0. The van der Waals surface area contributed by atoms with Crippen LogP contribution in [0, 0.1) is 17.0 Å². The summed E-state index contributed by atoms with van der Waals surface area (Å²) in [6.07, 6.45) is 1.01. The van der Waals surface area contributed by atoms with Crippen LogP contribution in [0.2, 0.25) is 0 Å². The molecule has 92 valence electrons. The molecule has 1 heterocycles. The fourth-order valence-corrected chi connectivity index (χ4v) is 2.29. The third-order valence-electron chi connectivity index (χ3n) is 3.32. The molecule has 0 saturated carbocycles. The molecule has 1 saturated heterocycles. The molecule has 0 aliphatic carbocycles. The monoisotopic (exact) mass is 235 g/mol. The summed E-state index contributed by atoms with van der Waals surface area (Å²) in [6.45, 7) is 4.41. The molecule has 2 rings (SSSR count). The molecule has 0 bridgehead atoms. The van der Waals surface area contributed by atoms with Gasteiger partial charge in [-0.25, -0.2) is 0 Å². The Morgan fingerprint density at radius 1 is 1.59 bits per heavy atom. The normalized spacial score (nSPS) is 20.7. The lowest BCUT2D eigenvalue weighted by Gasteiger charge is -2.16. The Morgan fingerprint density at radius 3 is 2.94 bits per heavy atom. The van der Waals surface area contributed by atoms with Gasteiger partial charge in [-0.15, -0.1) is 0 Å². The van der Waals surface area contributed by atoms with E-state index in [1.807, 2.05) is 13.0 Å². The van der Waals surface area contributed by atoms with Gasteiger partial charge >= 0.3 is 0 Å².